The van der Waals surface area contributed by atoms with Gasteiger partial charge in [-0.15, -0.1) is 0 Å². The van der Waals surface area contributed by atoms with Crippen molar-refractivity contribution in [1.29, 1.82) is 0 Å². The van der Waals surface area contributed by atoms with Crippen molar-refractivity contribution in [3.8, 4) is 11.5 Å². The number of halogens is 1. The molecule has 0 aliphatic rings. The number of thiol groups is 1. The van der Waals surface area contributed by atoms with Gasteiger partial charge in [0.25, 0.3) is 0 Å². The van der Waals surface area contributed by atoms with E-state index in [0.717, 1.165) is 5.56 Å². The average Bonchev–Trinajstić information content (AvgIpc) is 2.81. The maximum absolute atomic E-state index is 10.9. The van der Waals surface area contributed by atoms with Gasteiger partial charge in [0, 0.05) is 16.7 Å². The molecule has 1 aromatic heterocycles. The smallest absolute Gasteiger partial charge is 0.227 e. The first-order valence-corrected chi connectivity index (χ1v) is 7.00. The van der Waals surface area contributed by atoms with Crippen LogP contribution in [0.15, 0.2) is 51.8 Å². The minimum Gasteiger partial charge on any atom is -0.436 e. The van der Waals surface area contributed by atoms with Crippen LogP contribution >= 0.6 is 11.6 Å². The second-order valence-electron chi connectivity index (χ2n) is 3.94. The van der Waals surface area contributed by atoms with Crippen LogP contribution in [0.25, 0.3) is 22.6 Å². The highest BCUT2D eigenvalue weighted by Gasteiger charge is 2.09. The highest BCUT2D eigenvalue weighted by Crippen LogP contribution is 2.26. The number of nitrogens with zero attached hydrogens (tertiary/aromatic N) is 1. The van der Waals surface area contributed by atoms with E-state index in [0.29, 0.717) is 22.0 Å². The van der Waals surface area contributed by atoms with Crippen LogP contribution in [0.4, 0.5) is 0 Å². The Morgan fingerprint density at radius 3 is 2.68 bits per heavy atom. The fraction of sp³-hybridized carbons (Fsp3) is 0. The third kappa shape index (κ3) is 2.34. The van der Waals surface area contributed by atoms with E-state index in [1.54, 1.807) is 24.3 Å². The van der Waals surface area contributed by atoms with Gasteiger partial charge < -0.3 is 4.42 Å². The number of fused-ring (bicyclic) bond motifs is 1. The summed E-state index contributed by atoms with van der Waals surface area (Å²) < 4.78 is 27.4. The monoisotopic (exact) mass is 293 g/mol. The van der Waals surface area contributed by atoms with Gasteiger partial charge in [0.1, 0.15) is 5.52 Å². The molecule has 0 saturated heterocycles. The average molecular weight is 294 g/mol. The molecule has 3 rings (SSSR count). The number of hydrogen-bond acceptors (Lipinski definition) is 4. The lowest BCUT2D eigenvalue weighted by atomic mass is 10.2. The maximum atomic E-state index is 10.9. The first-order valence-electron chi connectivity index (χ1n) is 5.44. The van der Waals surface area contributed by atoms with E-state index in [9.17, 15) is 8.42 Å². The van der Waals surface area contributed by atoms with Crippen LogP contribution in [-0.4, -0.2) is 13.4 Å². The van der Waals surface area contributed by atoms with Crippen molar-refractivity contribution in [3.63, 3.8) is 0 Å². The third-order valence-corrected chi connectivity index (χ3v) is 3.59. The third-order valence-electron chi connectivity index (χ3n) is 2.65. The van der Waals surface area contributed by atoms with Gasteiger partial charge >= 0.3 is 0 Å². The topological polar surface area (TPSA) is 60.2 Å². The predicted molar refractivity (Wildman–Crippen MR) is 73.0 cm³/mol. The Bertz CT molecular complexity index is 831. The fourth-order valence-corrected chi connectivity index (χ4v) is 2.38. The van der Waals surface area contributed by atoms with E-state index >= 15 is 0 Å². The van der Waals surface area contributed by atoms with Crippen LogP contribution in [0, 0.1) is 0 Å². The number of benzene rings is 2. The summed E-state index contributed by atoms with van der Waals surface area (Å²) in [4.78, 5) is 4.51. The summed E-state index contributed by atoms with van der Waals surface area (Å²) in [5.41, 5.74) is 1.79. The Hall–Kier alpha value is -1.85. The number of aromatic nitrogens is 1. The maximum Gasteiger partial charge on any atom is 0.227 e. The molecule has 0 radical (unpaired) electrons. The Morgan fingerprint density at radius 1 is 1.11 bits per heavy atom. The standard InChI is InChI=1S/C13H8ClNO3S/c14-9-3-1-2-8(6-9)13-15-11-5-4-10(19(16)17)7-12(11)18-13/h1-7,19H. The van der Waals surface area contributed by atoms with Gasteiger partial charge in [-0.3, -0.25) is 0 Å². The molecule has 0 saturated carbocycles. The Morgan fingerprint density at radius 2 is 1.95 bits per heavy atom. The Labute approximate surface area is 115 Å². The molecule has 0 N–H and O–H groups in total. The summed E-state index contributed by atoms with van der Waals surface area (Å²) in [6.07, 6.45) is 0. The molecule has 2 aromatic carbocycles. The lowest BCUT2D eigenvalue weighted by molar-refractivity contribution is 0.610. The SMILES string of the molecule is O=[SH](=O)c1ccc2nc(-c3cccc(Cl)c3)oc2c1. The minimum absolute atomic E-state index is 0.205. The molecule has 0 amide bonds. The van der Waals surface area contributed by atoms with Crippen LogP contribution in [0.2, 0.25) is 5.02 Å². The van der Waals surface area contributed by atoms with E-state index in [-0.39, 0.29) is 4.90 Å². The normalized spacial score (nSPS) is 11.3. The van der Waals surface area contributed by atoms with E-state index in [4.69, 9.17) is 16.0 Å². The van der Waals surface area contributed by atoms with Crippen LogP contribution in [-0.2, 0) is 10.7 Å². The molecule has 0 spiro atoms. The van der Waals surface area contributed by atoms with E-state index in [2.05, 4.69) is 4.98 Å². The zero-order valence-corrected chi connectivity index (χ0v) is 11.2. The molecule has 96 valence electrons. The van der Waals surface area contributed by atoms with Gasteiger partial charge in [-0.05, 0) is 30.3 Å². The molecule has 3 aromatic rings. The lowest BCUT2D eigenvalue weighted by Gasteiger charge is -1.94. The lowest BCUT2D eigenvalue weighted by Crippen LogP contribution is -1.78. The molecule has 1 heterocycles. The molecular formula is C13H8ClNO3S. The molecule has 19 heavy (non-hydrogen) atoms. The minimum atomic E-state index is -2.63. The van der Waals surface area contributed by atoms with Crippen LogP contribution in [0.3, 0.4) is 0 Å². The van der Waals surface area contributed by atoms with Crippen molar-refractivity contribution in [3.05, 3.63) is 47.5 Å². The first kappa shape index (κ1) is 12.2. The summed E-state index contributed by atoms with van der Waals surface area (Å²) in [6, 6.07) is 11.7. The molecule has 0 bridgehead atoms. The zero-order chi connectivity index (χ0) is 13.4. The molecule has 4 nitrogen and oxygen atoms in total. The molecular weight excluding hydrogens is 286 g/mol. The highest BCUT2D eigenvalue weighted by molar-refractivity contribution is 7.72. The Kier molecular flexibility index (Phi) is 3.00. The summed E-state index contributed by atoms with van der Waals surface area (Å²) in [7, 11) is -2.63. The highest BCUT2D eigenvalue weighted by atomic mass is 35.5. The number of hydrogen-bond donors (Lipinski definition) is 1. The van der Waals surface area contributed by atoms with Crippen molar-refractivity contribution in [1.82, 2.24) is 4.98 Å². The van der Waals surface area contributed by atoms with Crippen molar-refractivity contribution < 1.29 is 12.8 Å². The predicted octanol–water partition coefficient (Wildman–Crippen LogP) is 3.12. The first-order chi connectivity index (χ1) is 9.13. The van der Waals surface area contributed by atoms with Gasteiger partial charge in [0.05, 0.1) is 4.90 Å². The largest absolute Gasteiger partial charge is 0.436 e. The van der Waals surface area contributed by atoms with E-state index < -0.39 is 10.7 Å². The second kappa shape index (κ2) is 4.68. The summed E-state index contributed by atoms with van der Waals surface area (Å²) >= 11 is 5.91. The number of rotatable bonds is 2. The summed E-state index contributed by atoms with van der Waals surface area (Å²) in [5, 5.41) is 0.586. The van der Waals surface area contributed by atoms with E-state index in [1.807, 2.05) is 6.07 Å². The van der Waals surface area contributed by atoms with Crippen LogP contribution < -0.4 is 0 Å². The van der Waals surface area contributed by atoms with Crippen molar-refractivity contribution in [2.24, 2.45) is 0 Å². The van der Waals surface area contributed by atoms with Gasteiger partial charge in [-0.2, -0.15) is 0 Å². The second-order valence-corrected chi connectivity index (χ2v) is 5.41. The summed E-state index contributed by atoms with van der Waals surface area (Å²) in [6.45, 7) is 0. The molecule has 0 atom stereocenters. The van der Waals surface area contributed by atoms with Gasteiger partial charge in [-0.1, -0.05) is 17.7 Å². The molecule has 6 heteroatoms. The van der Waals surface area contributed by atoms with Crippen LogP contribution in [0.5, 0.6) is 0 Å². The van der Waals surface area contributed by atoms with Gasteiger partial charge in [0.15, 0.2) is 16.3 Å². The van der Waals surface area contributed by atoms with Gasteiger partial charge in [0.2, 0.25) is 5.89 Å². The number of oxazole rings is 1. The van der Waals surface area contributed by atoms with Crippen molar-refractivity contribution >= 4 is 33.4 Å². The molecule has 0 aliphatic carbocycles. The fourth-order valence-electron chi connectivity index (χ4n) is 1.77. The molecule has 0 fully saturated rings. The molecule has 0 unspecified atom stereocenters. The van der Waals surface area contributed by atoms with Crippen LogP contribution in [0.1, 0.15) is 0 Å². The zero-order valence-electron chi connectivity index (χ0n) is 9.54. The Balaban J connectivity index is 2.16. The van der Waals surface area contributed by atoms with Crippen molar-refractivity contribution in [2.75, 3.05) is 0 Å². The summed E-state index contributed by atoms with van der Waals surface area (Å²) in [5.74, 6) is 0.413. The van der Waals surface area contributed by atoms with Crippen molar-refractivity contribution in [2.45, 2.75) is 4.90 Å². The quantitative estimate of drug-likeness (QED) is 0.738. The molecule has 0 aliphatic heterocycles. The van der Waals surface area contributed by atoms with Gasteiger partial charge in [-0.25, -0.2) is 13.4 Å². The van der Waals surface area contributed by atoms with E-state index in [1.165, 1.54) is 12.1 Å².